The molecule has 0 saturated heterocycles. The van der Waals surface area contributed by atoms with Gasteiger partial charge in [-0.25, -0.2) is 0 Å². The summed E-state index contributed by atoms with van der Waals surface area (Å²) in [5.74, 6) is 1.51. The normalized spacial score (nSPS) is 16.2. The summed E-state index contributed by atoms with van der Waals surface area (Å²) in [6, 6.07) is 13.0. The Balaban J connectivity index is 1.66. The molecular formula is C21H19ClN2O3S. The van der Waals surface area contributed by atoms with E-state index in [1.165, 1.54) is 0 Å². The number of aliphatic imine (C=N–C) groups is 1. The topological polar surface area (TPSA) is 55.0 Å². The van der Waals surface area contributed by atoms with Gasteiger partial charge in [0.25, 0.3) is 0 Å². The number of amidine groups is 1. The number of amides is 1. The third-order valence-electron chi connectivity index (χ3n) is 4.51. The van der Waals surface area contributed by atoms with Crippen LogP contribution in [0.2, 0.25) is 5.02 Å². The number of fused-ring (bicyclic) bond motifs is 1. The summed E-state index contributed by atoms with van der Waals surface area (Å²) in [6.07, 6.45) is 1.84. The number of anilines is 1. The first kappa shape index (κ1) is 18.9. The molecule has 0 bridgehead atoms. The summed E-state index contributed by atoms with van der Waals surface area (Å²) in [6.45, 7) is 2.04. The van der Waals surface area contributed by atoms with Crippen molar-refractivity contribution in [3.05, 3.63) is 59.3 Å². The number of hydrogen-bond donors (Lipinski definition) is 0. The molecule has 1 aliphatic rings. The second-order valence-corrected chi connectivity index (χ2v) is 8.00. The molecule has 2 aromatic carbocycles. The van der Waals surface area contributed by atoms with E-state index in [4.69, 9.17) is 20.8 Å². The first-order chi connectivity index (χ1) is 13.5. The molecule has 0 aliphatic carbocycles. The zero-order valence-corrected chi connectivity index (χ0v) is 17.1. The molecule has 5 nitrogen and oxygen atoms in total. The Morgan fingerprint density at radius 3 is 2.79 bits per heavy atom. The molecule has 3 aromatic rings. The van der Waals surface area contributed by atoms with Gasteiger partial charge in [0.2, 0.25) is 5.91 Å². The van der Waals surface area contributed by atoms with Gasteiger partial charge < -0.3 is 9.15 Å². The molecule has 0 fully saturated rings. The molecule has 7 heteroatoms. The highest BCUT2D eigenvalue weighted by Crippen LogP contribution is 2.30. The maximum Gasteiger partial charge on any atom is 0.237 e. The Kier molecular flexibility index (Phi) is 5.33. The minimum atomic E-state index is -0.0683. The third kappa shape index (κ3) is 3.75. The summed E-state index contributed by atoms with van der Waals surface area (Å²) in [5, 5.41) is 2.24. The average molecular weight is 415 g/mol. The van der Waals surface area contributed by atoms with Crippen LogP contribution in [0.25, 0.3) is 11.0 Å². The molecule has 0 saturated carbocycles. The van der Waals surface area contributed by atoms with Crippen molar-refractivity contribution in [2.45, 2.75) is 19.4 Å². The fourth-order valence-electron chi connectivity index (χ4n) is 3.10. The molecular weight excluding hydrogens is 396 g/mol. The number of thioether (sulfide) groups is 1. The Morgan fingerprint density at radius 1 is 1.32 bits per heavy atom. The molecule has 2 heterocycles. The van der Waals surface area contributed by atoms with Crippen molar-refractivity contribution in [1.29, 1.82) is 0 Å². The standard InChI is InChI=1S/C21H19ClN2O3S/c1-13-12-28-21(23-13)24(16-5-3-15(22)4-6-16)20(25)9-14-11-27-19-10-17(26-2)7-8-18(14)19/h3-8,10-11,13H,9,12H2,1-2H3/t13-/m0/s1. The third-order valence-corrected chi connectivity index (χ3v) is 5.96. The van der Waals surface area contributed by atoms with E-state index in [-0.39, 0.29) is 18.4 Å². The molecule has 1 aliphatic heterocycles. The molecule has 0 radical (unpaired) electrons. The van der Waals surface area contributed by atoms with Crippen molar-refractivity contribution in [2.24, 2.45) is 4.99 Å². The van der Waals surface area contributed by atoms with E-state index in [0.29, 0.717) is 21.5 Å². The number of nitrogens with zero attached hydrogens (tertiary/aromatic N) is 2. The number of carbonyl (C=O) groups excluding carboxylic acids is 1. The Bertz CT molecular complexity index is 1050. The SMILES string of the molecule is COc1ccc2c(CC(=O)N(C3=N[C@@H](C)CS3)c3ccc(Cl)cc3)coc2c1. The van der Waals surface area contributed by atoms with Gasteiger partial charge in [-0.1, -0.05) is 23.4 Å². The van der Waals surface area contributed by atoms with E-state index in [2.05, 4.69) is 4.99 Å². The summed E-state index contributed by atoms with van der Waals surface area (Å²) < 4.78 is 10.9. The number of ether oxygens (including phenoxy) is 1. The summed E-state index contributed by atoms with van der Waals surface area (Å²) in [7, 11) is 1.61. The van der Waals surface area contributed by atoms with E-state index in [9.17, 15) is 4.79 Å². The van der Waals surface area contributed by atoms with Gasteiger partial charge >= 0.3 is 0 Å². The summed E-state index contributed by atoms with van der Waals surface area (Å²) in [5.41, 5.74) is 2.28. The molecule has 28 heavy (non-hydrogen) atoms. The smallest absolute Gasteiger partial charge is 0.237 e. The van der Waals surface area contributed by atoms with Crippen LogP contribution in [-0.2, 0) is 11.2 Å². The predicted octanol–water partition coefficient (Wildman–Crippen LogP) is 5.16. The van der Waals surface area contributed by atoms with Crippen LogP contribution in [0.15, 0.2) is 58.1 Å². The summed E-state index contributed by atoms with van der Waals surface area (Å²) >= 11 is 7.61. The molecule has 0 spiro atoms. The molecule has 144 valence electrons. The van der Waals surface area contributed by atoms with Gasteiger partial charge in [0.05, 0.1) is 31.5 Å². The molecule has 1 atom stereocenters. The lowest BCUT2D eigenvalue weighted by molar-refractivity contribution is -0.117. The molecule has 0 unspecified atom stereocenters. The van der Waals surface area contributed by atoms with Crippen LogP contribution < -0.4 is 9.64 Å². The van der Waals surface area contributed by atoms with Crippen molar-refractivity contribution in [2.75, 3.05) is 17.8 Å². The van der Waals surface area contributed by atoms with Gasteiger partial charge in [-0.15, -0.1) is 0 Å². The van der Waals surface area contributed by atoms with Gasteiger partial charge in [0, 0.05) is 27.8 Å². The second kappa shape index (κ2) is 7.89. The van der Waals surface area contributed by atoms with Crippen molar-refractivity contribution in [1.82, 2.24) is 0 Å². The van der Waals surface area contributed by atoms with Crippen molar-refractivity contribution in [3.63, 3.8) is 0 Å². The number of halogens is 1. The van der Waals surface area contributed by atoms with Crippen LogP contribution in [0.4, 0.5) is 5.69 Å². The lowest BCUT2D eigenvalue weighted by Gasteiger charge is -2.22. The van der Waals surface area contributed by atoms with E-state index < -0.39 is 0 Å². The highest BCUT2D eigenvalue weighted by molar-refractivity contribution is 8.14. The van der Waals surface area contributed by atoms with Gasteiger partial charge in [-0.05, 0) is 43.3 Å². The maximum absolute atomic E-state index is 13.3. The summed E-state index contributed by atoms with van der Waals surface area (Å²) in [4.78, 5) is 19.6. The molecule has 0 N–H and O–H groups in total. The van der Waals surface area contributed by atoms with E-state index in [0.717, 1.165) is 22.4 Å². The largest absolute Gasteiger partial charge is 0.497 e. The van der Waals surface area contributed by atoms with Crippen LogP contribution >= 0.6 is 23.4 Å². The lowest BCUT2D eigenvalue weighted by Crippen LogP contribution is -2.35. The van der Waals surface area contributed by atoms with Crippen molar-refractivity contribution < 1.29 is 13.9 Å². The number of furan rings is 1. The maximum atomic E-state index is 13.3. The Morgan fingerprint density at radius 2 is 2.11 bits per heavy atom. The highest BCUT2D eigenvalue weighted by Gasteiger charge is 2.27. The highest BCUT2D eigenvalue weighted by atomic mass is 35.5. The van der Waals surface area contributed by atoms with E-state index in [1.54, 1.807) is 42.2 Å². The number of methoxy groups -OCH3 is 1. The number of hydrogen-bond acceptors (Lipinski definition) is 5. The van der Waals surface area contributed by atoms with Crippen LogP contribution in [0.1, 0.15) is 12.5 Å². The zero-order valence-electron chi connectivity index (χ0n) is 15.5. The van der Waals surface area contributed by atoms with Crippen LogP contribution in [-0.4, -0.2) is 30.0 Å². The predicted molar refractivity (Wildman–Crippen MR) is 115 cm³/mol. The minimum Gasteiger partial charge on any atom is -0.497 e. The molecule has 1 amide bonds. The van der Waals surface area contributed by atoms with Gasteiger partial charge in [0.15, 0.2) is 5.17 Å². The second-order valence-electron chi connectivity index (χ2n) is 6.58. The van der Waals surface area contributed by atoms with Gasteiger partial charge in [0.1, 0.15) is 11.3 Å². The fraction of sp³-hybridized carbons (Fsp3) is 0.238. The Hall–Kier alpha value is -2.44. The average Bonchev–Trinajstić information content (AvgIpc) is 3.29. The number of benzene rings is 2. The van der Waals surface area contributed by atoms with Crippen LogP contribution in [0.5, 0.6) is 5.75 Å². The van der Waals surface area contributed by atoms with Crippen molar-refractivity contribution in [3.8, 4) is 5.75 Å². The first-order valence-corrected chi connectivity index (χ1v) is 10.2. The number of carbonyl (C=O) groups is 1. The van der Waals surface area contributed by atoms with Gasteiger partial charge in [-0.3, -0.25) is 14.7 Å². The van der Waals surface area contributed by atoms with Gasteiger partial charge in [-0.2, -0.15) is 0 Å². The Labute approximate surface area is 172 Å². The fourth-order valence-corrected chi connectivity index (χ4v) is 4.28. The molecule has 4 rings (SSSR count). The van der Waals surface area contributed by atoms with E-state index in [1.807, 2.05) is 37.3 Å². The minimum absolute atomic E-state index is 0.0683. The lowest BCUT2D eigenvalue weighted by atomic mass is 10.1. The quantitative estimate of drug-likeness (QED) is 0.591. The van der Waals surface area contributed by atoms with Crippen molar-refractivity contribution >= 4 is 51.1 Å². The first-order valence-electron chi connectivity index (χ1n) is 8.88. The van der Waals surface area contributed by atoms with Crippen LogP contribution in [0.3, 0.4) is 0 Å². The zero-order chi connectivity index (χ0) is 19.7. The molecule has 1 aromatic heterocycles. The van der Waals surface area contributed by atoms with Crippen LogP contribution in [0, 0.1) is 0 Å². The van der Waals surface area contributed by atoms with E-state index >= 15 is 0 Å². The number of rotatable bonds is 4. The monoisotopic (exact) mass is 414 g/mol.